The van der Waals surface area contributed by atoms with Crippen molar-refractivity contribution in [1.82, 2.24) is 0 Å². The quantitative estimate of drug-likeness (QED) is 0.0261. The molecule has 0 fully saturated rings. The van der Waals surface area contributed by atoms with Gasteiger partial charge in [-0.15, -0.1) is 0 Å². The Balaban J connectivity index is 4.22. The van der Waals surface area contributed by atoms with Crippen molar-refractivity contribution in [2.75, 3.05) is 13.2 Å². The van der Waals surface area contributed by atoms with Gasteiger partial charge in [0.25, 0.3) is 0 Å². The number of unbranched alkanes of at least 4 members (excludes halogenated alkanes) is 45. The molecule has 0 heterocycles. The summed E-state index contributed by atoms with van der Waals surface area (Å²) in [5, 5.41) is 0. The fraction of sp³-hybridized carbons (Fsp3) is 0.827. The van der Waals surface area contributed by atoms with Gasteiger partial charge in [-0.25, -0.2) is 0 Å². The predicted octanol–water partition coefficient (Wildman–Crippen LogP) is 24.7. The minimum Gasteiger partial charge on any atom is -0.462 e. The molecule has 0 aliphatic heterocycles. The first-order valence-electron chi connectivity index (χ1n) is 35.8. The number of ether oxygens (including phenoxy) is 3. The number of hydrogen-bond acceptors (Lipinski definition) is 6. The summed E-state index contributed by atoms with van der Waals surface area (Å²) >= 11 is 0. The second kappa shape index (κ2) is 69.6. The minimum atomic E-state index is -0.773. The normalized spacial score (nSPS) is 12.4. The second-order valence-electron chi connectivity index (χ2n) is 24.1. The van der Waals surface area contributed by atoms with Gasteiger partial charge in [0.1, 0.15) is 13.2 Å². The summed E-state index contributed by atoms with van der Waals surface area (Å²) in [6.07, 6.45) is 89.7. The van der Waals surface area contributed by atoms with Crippen LogP contribution in [-0.4, -0.2) is 37.2 Å². The topological polar surface area (TPSA) is 78.9 Å². The van der Waals surface area contributed by atoms with Crippen molar-refractivity contribution in [2.24, 2.45) is 0 Å². The van der Waals surface area contributed by atoms with Crippen molar-refractivity contribution in [3.05, 3.63) is 60.8 Å². The lowest BCUT2D eigenvalue weighted by atomic mass is 10.0. The Bertz CT molecular complexity index is 1440. The maximum absolute atomic E-state index is 13.0. The van der Waals surface area contributed by atoms with Crippen LogP contribution in [0, 0.1) is 0 Å². The molecule has 0 aromatic heterocycles. The summed E-state index contributed by atoms with van der Waals surface area (Å²) in [4.78, 5) is 38.4. The molecule has 0 aromatic carbocycles. The van der Waals surface area contributed by atoms with Crippen molar-refractivity contribution < 1.29 is 28.6 Å². The first-order chi connectivity index (χ1) is 40.0. The van der Waals surface area contributed by atoms with E-state index < -0.39 is 6.10 Å². The van der Waals surface area contributed by atoms with Crippen LogP contribution in [0.2, 0.25) is 0 Å². The molecule has 0 radical (unpaired) electrons. The molecule has 0 aliphatic carbocycles. The highest BCUT2D eigenvalue weighted by Crippen LogP contribution is 2.19. The molecule has 0 bridgehead atoms. The van der Waals surface area contributed by atoms with Crippen molar-refractivity contribution in [3.8, 4) is 0 Å². The van der Waals surface area contributed by atoms with Gasteiger partial charge in [0.2, 0.25) is 0 Å². The zero-order valence-electron chi connectivity index (χ0n) is 54.3. The average molecular weight is 1130 g/mol. The summed E-state index contributed by atoms with van der Waals surface area (Å²) in [5.41, 5.74) is 0. The second-order valence-corrected chi connectivity index (χ2v) is 24.1. The Morgan fingerprint density at radius 1 is 0.259 bits per heavy atom. The molecular weight excluding hydrogens is 997 g/mol. The van der Waals surface area contributed by atoms with Crippen LogP contribution in [0.4, 0.5) is 0 Å². The van der Waals surface area contributed by atoms with E-state index in [0.717, 1.165) is 89.9 Å². The molecule has 0 aliphatic rings. The highest BCUT2D eigenvalue weighted by atomic mass is 16.6. The number of esters is 3. The Kier molecular flexibility index (Phi) is 67.1. The summed E-state index contributed by atoms with van der Waals surface area (Å²) < 4.78 is 17.0. The van der Waals surface area contributed by atoms with Gasteiger partial charge in [-0.1, -0.05) is 358 Å². The van der Waals surface area contributed by atoms with Crippen LogP contribution in [0.3, 0.4) is 0 Å². The van der Waals surface area contributed by atoms with Gasteiger partial charge in [-0.3, -0.25) is 14.4 Å². The van der Waals surface area contributed by atoms with E-state index >= 15 is 0 Å². The summed E-state index contributed by atoms with van der Waals surface area (Å²) in [7, 11) is 0. The first-order valence-corrected chi connectivity index (χ1v) is 35.8. The van der Waals surface area contributed by atoms with Crippen LogP contribution in [0.15, 0.2) is 60.8 Å². The predicted molar refractivity (Wildman–Crippen MR) is 353 cm³/mol. The molecule has 6 nitrogen and oxygen atoms in total. The Morgan fingerprint density at radius 3 is 0.753 bits per heavy atom. The highest BCUT2D eigenvalue weighted by molar-refractivity contribution is 5.71. The van der Waals surface area contributed by atoms with E-state index in [1.807, 2.05) is 0 Å². The fourth-order valence-corrected chi connectivity index (χ4v) is 10.7. The lowest BCUT2D eigenvalue weighted by Gasteiger charge is -2.18. The van der Waals surface area contributed by atoms with Crippen LogP contribution < -0.4 is 0 Å². The van der Waals surface area contributed by atoms with Gasteiger partial charge in [0, 0.05) is 19.3 Å². The molecule has 0 N–H and O–H groups in total. The molecule has 1 unspecified atom stereocenters. The van der Waals surface area contributed by atoms with E-state index in [2.05, 4.69) is 81.5 Å². The van der Waals surface area contributed by atoms with Gasteiger partial charge in [-0.05, 0) is 64.2 Å². The van der Waals surface area contributed by atoms with E-state index in [9.17, 15) is 14.4 Å². The fourth-order valence-electron chi connectivity index (χ4n) is 10.7. The molecule has 0 saturated heterocycles. The Labute approximate surface area is 504 Å². The highest BCUT2D eigenvalue weighted by Gasteiger charge is 2.19. The molecule has 0 spiro atoms. The summed E-state index contributed by atoms with van der Waals surface area (Å²) in [6.45, 7) is 6.59. The van der Waals surface area contributed by atoms with Crippen molar-refractivity contribution in [3.63, 3.8) is 0 Å². The zero-order valence-corrected chi connectivity index (χ0v) is 54.3. The van der Waals surface area contributed by atoms with Gasteiger partial charge in [0.05, 0.1) is 0 Å². The third-order valence-corrected chi connectivity index (χ3v) is 16.0. The van der Waals surface area contributed by atoms with E-state index in [0.29, 0.717) is 19.3 Å². The van der Waals surface area contributed by atoms with E-state index in [1.54, 1.807) is 0 Å². The smallest absolute Gasteiger partial charge is 0.306 e. The molecule has 0 aromatic rings. The number of rotatable bonds is 66. The monoisotopic (exact) mass is 1130 g/mol. The van der Waals surface area contributed by atoms with Crippen LogP contribution in [0.1, 0.15) is 380 Å². The van der Waals surface area contributed by atoms with Crippen molar-refractivity contribution >= 4 is 17.9 Å². The van der Waals surface area contributed by atoms with Crippen LogP contribution >= 0.6 is 0 Å². The van der Waals surface area contributed by atoms with E-state index in [1.165, 1.54) is 250 Å². The first kappa shape index (κ1) is 78.1. The maximum atomic E-state index is 13.0. The third kappa shape index (κ3) is 67.8. The summed E-state index contributed by atoms with van der Waals surface area (Å²) in [6, 6.07) is 0. The van der Waals surface area contributed by atoms with Gasteiger partial charge < -0.3 is 14.2 Å². The van der Waals surface area contributed by atoms with Gasteiger partial charge in [-0.2, -0.15) is 0 Å². The summed E-state index contributed by atoms with van der Waals surface area (Å²) in [5.74, 6) is -0.846. The number of allylic oxidation sites excluding steroid dienone is 10. The SMILES string of the molecule is CC/C=C\C/C=C\C/C=C\C/C=C\C/C=C\CCCCCCCCCCCCCC(=O)OCC(COC(=O)CCCCCCCCCCCCCC)OC(=O)CCCCCCCCCCCCCCCCCCCCCCCCCC. The van der Waals surface area contributed by atoms with E-state index in [-0.39, 0.29) is 31.1 Å². The molecule has 0 saturated carbocycles. The van der Waals surface area contributed by atoms with Crippen LogP contribution in [0.5, 0.6) is 0 Å². The molecule has 0 amide bonds. The lowest BCUT2D eigenvalue weighted by molar-refractivity contribution is -0.167. The third-order valence-electron chi connectivity index (χ3n) is 16.0. The van der Waals surface area contributed by atoms with Gasteiger partial charge >= 0.3 is 17.9 Å². The Hall–Kier alpha value is -2.89. The largest absolute Gasteiger partial charge is 0.462 e. The molecule has 1 atom stereocenters. The number of hydrogen-bond donors (Lipinski definition) is 0. The Morgan fingerprint density at radius 2 is 0.481 bits per heavy atom. The van der Waals surface area contributed by atoms with Crippen molar-refractivity contribution in [1.29, 1.82) is 0 Å². The maximum Gasteiger partial charge on any atom is 0.306 e. The zero-order chi connectivity index (χ0) is 58.5. The molecular formula is C75H136O6. The molecule has 6 heteroatoms. The molecule has 81 heavy (non-hydrogen) atoms. The van der Waals surface area contributed by atoms with E-state index in [4.69, 9.17) is 14.2 Å². The average Bonchev–Trinajstić information content (AvgIpc) is 3.47. The number of carbonyl (C=O) groups is 3. The lowest BCUT2D eigenvalue weighted by Crippen LogP contribution is -2.30. The minimum absolute atomic E-state index is 0.0688. The number of carbonyl (C=O) groups excluding carboxylic acids is 3. The molecule has 472 valence electrons. The van der Waals surface area contributed by atoms with Crippen molar-refractivity contribution in [2.45, 2.75) is 386 Å². The molecule has 0 rings (SSSR count). The standard InChI is InChI=1S/C75H136O6/c1-4-7-10-13-16-19-22-25-27-29-31-33-35-37-38-39-41-42-44-46-48-50-53-56-59-62-65-68-74(77)80-71-72(70-79-73(76)67-64-61-58-55-52-24-21-18-15-12-9-6-3)81-75(78)69-66-63-60-57-54-51-49-47-45-43-40-36-34-32-30-28-26-23-20-17-14-11-8-5-2/h7,10,16,19,25,27,31,33,37-38,72H,4-6,8-9,11-15,17-18,20-24,26,28-30,32,34-36,39-71H2,1-3H3/b10-7-,19-16-,27-25-,33-31-,38-37-. The van der Waals surface area contributed by atoms with Gasteiger partial charge in [0.15, 0.2) is 6.10 Å². The van der Waals surface area contributed by atoms with Crippen LogP contribution in [0.25, 0.3) is 0 Å². The van der Waals surface area contributed by atoms with Crippen LogP contribution in [-0.2, 0) is 28.6 Å².